The van der Waals surface area contributed by atoms with Crippen molar-refractivity contribution in [2.45, 2.75) is 105 Å². The van der Waals surface area contributed by atoms with Crippen LogP contribution >= 0.6 is 0 Å². The number of ether oxygens (including phenoxy) is 1. The first-order valence-electron chi connectivity index (χ1n) is 13.6. The zero-order valence-electron chi connectivity index (χ0n) is 21.6. The summed E-state index contributed by atoms with van der Waals surface area (Å²) in [6.07, 6.45) is 20.6. The van der Waals surface area contributed by atoms with Crippen molar-refractivity contribution in [2.75, 3.05) is 7.11 Å². The highest BCUT2D eigenvalue weighted by Crippen LogP contribution is 2.67. The Hall–Kier alpha value is -0.560. The van der Waals surface area contributed by atoms with Crippen molar-refractivity contribution in [1.82, 2.24) is 0 Å². The number of rotatable bonds is 6. The van der Waals surface area contributed by atoms with Crippen LogP contribution in [0.2, 0.25) is 0 Å². The van der Waals surface area contributed by atoms with E-state index in [1.54, 1.807) is 5.57 Å². The van der Waals surface area contributed by atoms with Crippen LogP contribution < -0.4 is 0 Å². The fourth-order valence-electron chi connectivity index (χ4n) is 9.01. The molecule has 0 heterocycles. The molecule has 0 aromatic heterocycles. The number of methoxy groups -OCH3 is 1. The van der Waals surface area contributed by atoms with Gasteiger partial charge in [-0.05, 0) is 110 Å². The van der Waals surface area contributed by atoms with Crippen molar-refractivity contribution in [2.24, 2.45) is 52.3 Å². The first-order valence-corrected chi connectivity index (χ1v) is 13.6. The SMILES string of the molecule is CC[C@@H](/C=C/[C@@H](C)[C@@H]1CC[C@H]2[C@@H]3CC=C4C[C@H](OC)CC[C@]4(C)[C@@H]3CC[C@@]21C)C(C)C. The van der Waals surface area contributed by atoms with Gasteiger partial charge in [0, 0.05) is 7.11 Å². The highest BCUT2D eigenvalue weighted by molar-refractivity contribution is 5.25. The summed E-state index contributed by atoms with van der Waals surface area (Å²) in [5, 5.41) is 0. The predicted molar refractivity (Wildman–Crippen MR) is 133 cm³/mol. The molecule has 0 spiro atoms. The largest absolute Gasteiger partial charge is 0.381 e. The van der Waals surface area contributed by atoms with E-state index in [1.165, 1.54) is 57.8 Å². The van der Waals surface area contributed by atoms with Gasteiger partial charge in [-0.1, -0.05) is 65.3 Å². The molecule has 3 saturated carbocycles. The maximum Gasteiger partial charge on any atom is 0.0608 e. The highest BCUT2D eigenvalue weighted by atomic mass is 16.5. The molecule has 176 valence electrons. The fraction of sp³-hybridized carbons (Fsp3) is 0.867. The normalized spacial score (nSPS) is 44.5. The van der Waals surface area contributed by atoms with Crippen molar-refractivity contribution in [1.29, 1.82) is 0 Å². The monoisotopic (exact) mass is 426 g/mol. The molecule has 0 amide bonds. The van der Waals surface area contributed by atoms with E-state index in [2.05, 4.69) is 59.8 Å². The Balaban J connectivity index is 1.51. The lowest BCUT2D eigenvalue weighted by Gasteiger charge is -2.58. The lowest BCUT2D eigenvalue weighted by atomic mass is 9.47. The summed E-state index contributed by atoms with van der Waals surface area (Å²) in [6, 6.07) is 0. The first kappa shape index (κ1) is 23.6. The maximum absolute atomic E-state index is 5.76. The molecule has 0 aromatic carbocycles. The number of hydrogen-bond acceptors (Lipinski definition) is 1. The van der Waals surface area contributed by atoms with Gasteiger partial charge < -0.3 is 4.74 Å². The minimum Gasteiger partial charge on any atom is -0.381 e. The first-order chi connectivity index (χ1) is 14.7. The summed E-state index contributed by atoms with van der Waals surface area (Å²) in [6.45, 7) is 14.9. The van der Waals surface area contributed by atoms with E-state index in [-0.39, 0.29) is 0 Å². The maximum atomic E-state index is 5.76. The number of hydrogen-bond donors (Lipinski definition) is 0. The molecule has 31 heavy (non-hydrogen) atoms. The van der Waals surface area contributed by atoms with Gasteiger partial charge in [0.05, 0.1) is 6.10 Å². The fourth-order valence-corrected chi connectivity index (χ4v) is 9.01. The second-order valence-electron chi connectivity index (χ2n) is 12.6. The molecule has 4 aliphatic carbocycles. The number of allylic oxidation sites excluding steroid dienone is 3. The van der Waals surface area contributed by atoms with Gasteiger partial charge in [0.2, 0.25) is 0 Å². The molecule has 1 heteroatoms. The van der Waals surface area contributed by atoms with Crippen LogP contribution in [0.1, 0.15) is 99.3 Å². The minimum atomic E-state index is 0.453. The quantitative estimate of drug-likeness (QED) is 0.387. The third kappa shape index (κ3) is 4.00. The highest BCUT2D eigenvalue weighted by Gasteiger charge is 2.59. The lowest BCUT2D eigenvalue weighted by molar-refractivity contribution is -0.0572. The minimum absolute atomic E-state index is 0.453. The zero-order valence-corrected chi connectivity index (χ0v) is 21.6. The molecule has 0 saturated heterocycles. The molecule has 0 aromatic rings. The van der Waals surface area contributed by atoms with E-state index in [0.717, 1.165) is 41.4 Å². The van der Waals surface area contributed by atoms with Crippen molar-refractivity contribution >= 4 is 0 Å². The molecule has 3 fully saturated rings. The van der Waals surface area contributed by atoms with Gasteiger partial charge in [-0.2, -0.15) is 0 Å². The standard InChI is InChI=1S/C30H50O/c1-8-22(20(2)3)10-9-21(4)26-13-14-27-25-12-11-23-19-24(31-7)15-17-29(23,5)28(25)16-18-30(26,27)6/h9-11,20-22,24-28H,8,12-19H2,1-7H3/b10-9+/t21-,22+,24-,25+,26+,27+,28-,29+,30-/m1/s1. The molecule has 0 unspecified atom stereocenters. The third-order valence-corrected chi connectivity index (χ3v) is 11.1. The van der Waals surface area contributed by atoms with Gasteiger partial charge in [0.25, 0.3) is 0 Å². The summed E-state index contributed by atoms with van der Waals surface area (Å²) in [4.78, 5) is 0. The molecule has 4 aliphatic rings. The Morgan fingerprint density at radius 1 is 1.03 bits per heavy atom. The van der Waals surface area contributed by atoms with Crippen molar-refractivity contribution < 1.29 is 4.74 Å². The van der Waals surface area contributed by atoms with Gasteiger partial charge in [-0.3, -0.25) is 0 Å². The van der Waals surface area contributed by atoms with Crippen LogP contribution in [0.25, 0.3) is 0 Å². The van der Waals surface area contributed by atoms with E-state index in [9.17, 15) is 0 Å². The Morgan fingerprint density at radius 2 is 1.81 bits per heavy atom. The van der Waals surface area contributed by atoms with Crippen LogP contribution in [0, 0.1) is 52.3 Å². The van der Waals surface area contributed by atoms with Gasteiger partial charge in [0.15, 0.2) is 0 Å². The van der Waals surface area contributed by atoms with Crippen LogP contribution in [0.3, 0.4) is 0 Å². The van der Waals surface area contributed by atoms with Gasteiger partial charge in [-0.15, -0.1) is 0 Å². The summed E-state index contributed by atoms with van der Waals surface area (Å²) >= 11 is 0. The van der Waals surface area contributed by atoms with E-state index < -0.39 is 0 Å². The molecule has 9 atom stereocenters. The average molecular weight is 427 g/mol. The van der Waals surface area contributed by atoms with Gasteiger partial charge >= 0.3 is 0 Å². The van der Waals surface area contributed by atoms with Crippen LogP contribution in [0.4, 0.5) is 0 Å². The van der Waals surface area contributed by atoms with Gasteiger partial charge in [0.1, 0.15) is 0 Å². The smallest absolute Gasteiger partial charge is 0.0608 e. The topological polar surface area (TPSA) is 9.23 Å². The predicted octanol–water partition coefficient (Wildman–Crippen LogP) is 8.45. The lowest BCUT2D eigenvalue weighted by Crippen LogP contribution is -2.50. The summed E-state index contributed by atoms with van der Waals surface area (Å²) in [7, 11) is 1.91. The molecular formula is C30H50O. The Kier molecular flexibility index (Phi) is 6.85. The molecule has 0 N–H and O–H groups in total. The summed E-state index contributed by atoms with van der Waals surface area (Å²) in [5.74, 6) is 5.88. The van der Waals surface area contributed by atoms with Crippen molar-refractivity contribution in [3.63, 3.8) is 0 Å². The number of fused-ring (bicyclic) bond motifs is 5. The van der Waals surface area contributed by atoms with E-state index in [4.69, 9.17) is 4.74 Å². The van der Waals surface area contributed by atoms with E-state index in [0.29, 0.717) is 16.9 Å². The summed E-state index contributed by atoms with van der Waals surface area (Å²) in [5.41, 5.74) is 2.75. The zero-order chi connectivity index (χ0) is 22.4. The van der Waals surface area contributed by atoms with Crippen LogP contribution in [-0.2, 0) is 4.74 Å². The summed E-state index contributed by atoms with van der Waals surface area (Å²) < 4.78 is 5.76. The Bertz CT molecular complexity index is 689. The van der Waals surface area contributed by atoms with Crippen LogP contribution in [0.5, 0.6) is 0 Å². The second-order valence-corrected chi connectivity index (χ2v) is 12.6. The third-order valence-electron chi connectivity index (χ3n) is 11.1. The molecule has 0 radical (unpaired) electrons. The molecular weight excluding hydrogens is 376 g/mol. The molecule has 0 bridgehead atoms. The second kappa shape index (κ2) is 9.00. The van der Waals surface area contributed by atoms with E-state index >= 15 is 0 Å². The molecule has 0 aliphatic heterocycles. The average Bonchev–Trinajstić information content (AvgIpc) is 3.10. The van der Waals surface area contributed by atoms with Crippen molar-refractivity contribution in [3.05, 3.63) is 23.8 Å². The van der Waals surface area contributed by atoms with Crippen LogP contribution in [-0.4, -0.2) is 13.2 Å². The Morgan fingerprint density at radius 3 is 2.48 bits per heavy atom. The molecule has 1 nitrogen and oxygen atoms in total. The molecule has 4 rings (SSSR count). The van der Waals surface area contributed by atoms with Gasteiger partial charge in [-0.25, -0.2) is 0 Å². The Labute approximate surface area is 193 Å². The van der Waals surface area contributed by atoms with Crippen LogP contribution in [0.15, 0.2) is 23.8 Å². The van der Waals surface area contributed by atoms with Crippen molar-refractivity contribution in [3.8, 4) is 0 Å². The van der Waals surface area contributed by atoms with E-state index in [1.807, 2.05) is 7.11 Å².